The van der Waals surface area contributed by atoms with Gasteiger partial charge in [-0.05, 0) is 93.2 Å². The molecule has 3 aromatic heterocycles. The molecule has 200 valence electrons. The molecule has 39 heavy (non-hydrogen) atoms. The zero-order valence-electron chi connectivity index (χ0n) is 22.3. The van der Waals surface area contributed by atoms with E-state index < -0.39 is 11.6 Å². The van der Waals surface area contributed by atoms with Crippen LogP contribution in [0.15, 0.2) is 67.0 Å². The number of nitrogens with one attached hydrogen (secondary N) is 1. The number of hydrogen-bond donors (Lipinski definition) is 1. The molecule has 5 nitrogen and oxygen atoms in total. The molecule has 1 aliphatic rings. The Morgan fingerprint density at radius 3 is 2.41 bits per heavy atom. The largest absolute Gasteiger partial charge is 0.372 e. The second-order valence-electron chi connectivity index (χ2n) is 10.4. The third kappa shape index (κ3) is 5.36. The first-order valence-corrected chi connectivity index (χ1v) is 13.9. The lowest BCUT2D eigenvalue weighted by Gasteiger charge is -2.25. The van der Waals surface area contributed by atoms with E-state index in [1.165, 1.54) is 43.9 Å². The standard InChI is InChI=1S/C32H33F2N5/c1-22-17-27(28-19-25(33)20-29(34)32(28)37-22)30-21-36-31-18-24(11-16-39(30)31)23-7-9-26(10-8-23)38-14-5-2-3-12-35-13-4-6-15-38/h7-11,16-21,35H,2-6,12-15H2,1H3. The van der Waals surface area contributed by atoms with Crippen molar-refractivity contribution in [2.45, 2.75) is 39.0 Å². The maximum absolute atomic E-state index is 14.5. The van der Waals surface area contributed by atoms with Crippen molar-refractivity contribution in [3.8, 4) is 22.4 Å². The molecule has 1 N–H and O–H groups in total. The van der Waals surface area contributed by atoms with Crippen LogP contribution in [0, 0.1) is 18.6 Å². The van der Waals surface area contributed by atoms with Crippen molar-refractivity contribution in [1.29, 1.82) is 0 Å². The van der Waals surface area contributed by atoms with Crippen molar-refractivity contribution in [3.63, 3.8) is 0 Å². The molecule has 2 aromatic carbocycles. The molecule has 7 heteroatoms. The van der Waals surface area contributed by atoms with Crippen molar-refractivity contribution in [3.05, 3.63) is 84.3 Å². The van der Waals surface area contributed by atoms with Gasteiger partial charge in [0.05, 0.1) is 11.9 Å². The van der Waals surface area contributed by atoms with Crippen LogP contribution >= 0.6 is 0 Å². The number of fused-ring (bicyclic) bond motifs is 2. The molecule has 1 aliphatic heterocycles. The minimum atomic E-state index is -0.663. The molecule has 5 aromatic rings. The van der Waals surface area contributed by atoms with Crippen molar-refractivity contribution in [2.75, 3.05) is 31.1 Å². The number of rotatable bonds is 3. The van der Waals surface area contributed by atoms with Crippen LogP contribution in [0.2, 0.25) is 0 Å². The number of anilines is 1. The third-order valence-corrected chi connectivity index (χ3v) is 7.63. The molecule has 4 heterocycles. The maximum Gasteiger partial charge on any atom is 0.152 e. The maximum atomic E-state index is 14.5. The molecule has 0 bridgehead atoms. The fourth-order valence-corrected chi connectivity index (χ4v) is 5.59. The lowest BCUT2D eigenvalue weighted by Crippen LogP contribution is -2.25. The van der Waals surface area contributed by atoms with Crippen molar-refractivity contribution < 1.29 is 8.78 Å². The summed E-state index contributed by atoms with van der Waals surface area (Å²) in [7, 11) is 0. The Morgan fingerprint density at radius 2 is 1.59 bits per heavy atom. The zero-order valence-corrected chi connectivity index (χ0v) is 22.3. The first-order valence-electron chi connectivity index (χ1n) is 13.9. The van der Waals surface area contributed by atoms with Gasteiger partial charge in [0.15, 0.2) is 5.82 Å². The molecule has 0 amide bonds. The number of benzene rings is 2. The van der Waals surface area contributed by atoms with Gasteiger partial charge < -0.3 is 10.2 Å². The topological polar surface area (TPSA) is 45.5 Å². The first kappa shape index (κ1) is 25.4. The Balaban J connectivity index is 1.29. The second kappa shape index (κ2) is 11.1. The van der Waals surface area contributed by atoms with E-state index in [0.717, 1.165) is 54.7 Å². The molecule has 0 spiro atoms. The number of aromatic nitrogens is 3. The Morgan fingerprint density at radius 1 is 0.821 bits per heavy atom. The number of hydrogen-bond acceptors (Lipinski definition) is 4. The highest BCUT2D eigenvalue weighted by Crippen LogP contribution is 2.32. The predicted octanol–water partition coefficient (Wildman–Crippen LogP) is 7.16. The summed E-state index contributed by atoms with van der Waals surface area (Å²) in [6.07, 6.45) is 9.85. The highest BCUT2D eigenvalue weighted by atomic mass is 19.1. The van der Waals surface area contributed by atoms with Gasteiger partial charge in [-0.2, -0.15) is 0 Å². The SMILES string of the molecule is Cc1cc(-c2cnc3cc(-c4ccc(N5CCCCCNCCCC5)cc4)ccn23)c2cc(F)cc(F)c2n1. The minimum absolute atomic E-state index is 0.163. The Labute approximate surface area is 227 Å². The number of pyridine rings is 2. The lowest BCUT2D eigenvalue weighted by atomic mass is 10.0. The normalized spacial score (nSPS) is 15.5. The molecule has 1 saturated heterocycles. The van der Waals surface area contributed by atoms with E-state index in [9.17, 15) is 8.78 Å². The van der Waals surface area contributed by atoms with Crippen LogP contribution in [0.1, 0.15) is 37.8 Å². The van der Waals surface area contributed by atoms with E-state index in [2.05, 4.69) is 56.6 Å². The summed E-state index contributed by atoms with van der Waals surface area (Å²) >= 11 is 0. The predicted molar refractivity (Wildman–Crippen MR) is 154 cm³/mol. The third-order valence-electron chi connectivity index (χ3n) is 7.63. The summed E-state index contributed by atoms with van der Waals surface area (Å²) in [5.41, 5.74) is 6.53. The molecule has 6 rings (SSSR count). The summed E-state index contributed by atoms with van der Waals surface area (Å²) in [5, 5.41) is 3.98. The number of nitrogens with zero attached hydrogens (tertiary/aromatic N) is 4. The van der Waals surface area contributed by atoms with Crippen molar-refractivity contribution in [2.24, 2.45) is 0 Å². The molecular formula is C32H33F2N5. The number of halogens is 2. The smallest absolute Gasteiger partial charge is 0.152 e. The molecule has 0 radical (unpaired) electrons. The Hall–Kier alpha value is -3.84. The molecule has 0 unspecified atom stereocenters. The minimum Gasteiger partial charge on any atom is -0.372 e. The fourth-order valence-electron chi connectivity index (χ4n) is 5.59. The van der Waals surface area contributed by atoms with Crippen LogP contribution in [0.25, 0.3) is 38.9 Å². The van der Waals surface area contributed by atoms with Crippen LogP contribution in [0.4, 0.5) is 14.5 Å². The van der Waals surface area contributed by atoms with Gasteiger partial charge >= 0.3 is 0 Å². The van der Waals surface area contributed by atoms with Crippen LogP contribution < -0.4 is 10.2 Å². The quantitative estimate of drug-likeness (QED) is 0.271. The highest BCUT2D eigenvalue weighted by molar-refractivity contribution is 5.94. The van der Waals surface area contributed by atoms with Crippen molar-refractivity contribution in [1.82, 2.24) is 19.7 Å². The highest BCUT2D eigenvalue weighted by Gasteiger charge is 2.16. The molecule has 0 atom stereocenters. The summed E-state index contributed by atoms with van der Waals surface area (Å²) in [6.45, 7) is 6.23. The second-order valence-corrected chi connectivity index (χ2v) is 10.4. The monoisotopic (exact) mass is 525 g/mol. The first-order chi connectivity index (χ1) is 19.1. The summed E-state index contributed by atoms with van der Waals surface area (Å²) in [5.74, 6) is -1.29. The van der Waals surface area contributed by atoms with E-state index in [4.69, 9.17) is 0 Å². The van der Waals surface area contributed by atoms with Crippen LogP contribution in [-0.4, -0.2) is 40.5 Å². The van der Waals surface area contributed by atoms with Gasteiger partial charge in [0.25, 0.3) is 0 Å². The van der Waals surface area contributed by atoms with E-state index in [1.807, 2.05) is 23.6 Å². The van der Waals surface area contributed by atoms with Crippen LogP contribution in [-0.2, 0) is 0 Å². The summed E-state index contributed by atoms with van der Waals surface area (Å²) in [4.78, 5) is 11.5. The zero-order chi connectivity index (χ0) is 26.8. The average Bonchev–Trinajstić information content (AvgIpc) is 3.33. The molecule has 1 fully saturated rings. The van der Waals surface area contributed by atoms with Gasteiger partial charge in [0.2, 0.25) is 0 Å². The Bertz CT molecular complexity index is 1600. The van der Waals surface area contributed by atoms with Crippen LogP contribution in [0.5, 0.6) is 0 Å². The lowest BCUT2D eigenvalue weighted by molar-refractivity contribution is 0.590. The van der Waals surface area contributed by atoms with E-state index in [0.29, 0.717) is 16.6 Å². The van der Waals surface area contributed by atoms with E-state index in [-0.39, 0.29) is 5.52 Å². The summed E-state index contributed by atoms with van der Waals surface area (Å²) in [6, 6.07) is 17.0. The molecular weight excluding hydrogens is 492 g/mol. The number of imidazole rings is 1. The number of aryl methyl sites for hydroxylation is 1. The molecule has 0 aliphatic carbocycles. The van der Waals surface area contributed by atoms with Crippen LogP contribution in [0.3, 0.4) is 0 Å². The molecule has 0 saturated carbocycles. The average molecular weight is 526 g/mol. The van der Waals surface area contributed by atoms with Gasteiger partial charge in [0.1, 0.15) is 17.0 Å². The summed E-state index contributed by atoms with van der Waals surface area (Å²) < 4.78 is 30.6. The van der Waals surface area contributed by atoms with Gasteiger partial charge in [-0.15, -0.1) is 0 Å². The van der Waals surface area contributed by atoms with Crippen molar-refractivity contribution >= 4 is 22.2 Å². The van der Waals surface area contributed by atoms with Gasteiger partial charge in [0, 0.05) is 47.7 Å². The van der Waals surface area contributed by atoms with E-state index >= 15 is 0 Å². The van der Waals surface area contributed by atoms with E-state index in [1.54, 1.807) is 6.20 Å². The Kier molecular flexibility index (Phi) is 7.24. The van der Waals surface area contributed by atoms with Gasteiger partial charge in [-0.1, -0.05) is 18.6 Å². The van der Waals surface area contributed by atoms with Gasteiger partial charge in [-0.25, -0.2) is 18.7 Å². The van der Waals surface area contributed by atoms with Gasteiger partial charge in [-0.3, -0.25) is 4.40 Å². The fraction of sp³-hybridized carbons (Fsp3) is 0.312.